The molecule has 34 heavy (non-hydrogen) atoms. The van der Waals surface area contributed by atoms with Gasteiger partial charge in [-0.3, -0.25) is 14.6 Å². The first-order valence-corrected chi connectivity index (χ1v) is 11.9. The second-order valence-corrected chi connectivity index (χ2v) is 8.95. The van der Waals surface area contributed by atoms with Crippen LogP contribution in [0.5, 0.6) is 5.75 Å². The summed E-state index contributed by atoms with van der Waals surface area (Å²) in [7, 11) is 0. The van der Waals surface area contributed by atoms with Crippen molar-refractivity contribution < 1.29 is 9.53 Å². The molecule has 1 fully saturated rings. The third-order valence-corrected chi connectivity index (χ3v) is 6.06. The van der Waals surface area contributed by atoms with E-state index in [0.717, 1.165) is 50.7 Å². The minimum absolute atomic E-state index is 0.165. The Kier molecular flexibility index (Phi) is 8.31. The Morgan fingerprint density at radius 3 is 2.12 bits per heavy atom. The summed E-state index contributed by atoms with van der Waals surface area (Å²) in [6.45, 7) is 8.22. The van der Waals surface area contributed by atoms with E-state index in [0.29, 0.717) is 6.61 Å². The van der Waals surface area contributed by atoms with Crippen LogP contribution in [0.1, 0.15) is 23.6 Å². The van der Waals surface area contributed by atoms with Crippen LogP contribution in [0.15, 0.2) is 78.9 Å². The van der Waals surface area contributed by atoms with Gasteiger partial charge in [-0.2, -0.15) is 0 Å². The summed E-state index contributed by atoms with van der Waals surface area (Å²) in [6, 6.07) is 26.2. The SMILES string of the molecule is C[C@H](N)C(=O)Nc1cccc(CN2CCN(Cc3ccc(OCc4ccccc4)cc3)CC2)c1. The summed E-state index contributed by atoms with van der Waals surface area (Å²) in [5, 5.41) is 2.87. The highest BCUT2D eigenvalue weighted by Gasteiger charge is 2.17. The van der Waals surface area contributed by atoms with Crippen LogP contribution < -0.4 is 15.8 Å². The largest absolute Gasteiger partial charge is 0.489 e. The van der Waals surface area contributed by atoms with Crippen molar-refractivity contribution in [1.82, 2.24) is 9.80 Å². The molecule has 0 radical (unpaired) electrons. The molecular formula is C28H34N4O2. The first-order chi connectivity index (χ1) is 16.5. The molecule has 3 aromatic carbocycles. The Bertz CT molecular complexity index is 1050. The molecule has 3 aromatic rings. The fraction of sp³-hybridized carbons (Fsp3) is 0.321. The van der Waals surface area contributed by atoms with Crippen molar-refractivity contribution in [2.24, 2.45) is 5.73 Å². The minimum atomic E-state index is -0.519. The summed E-state index contributed by atoms with van der Waals surface area (Å²) in [5.74, 6) is 0.735. The summed E-state index contributed by atoms with van der Waals surface area (Å²) < 4.78 is 5.90. The lowest BCUT2D eigenvalue weighted by Crippen LogP contribution is -2.45. The van der Waals surface area contributed by atoms with E-state index in [1.165, 1.54) is 16.7 Å². The Balaban J connectivity index is 1.21. The van der Waals surface area contributed by atoms with Gasteiger partial charge in [0.15, 0.2) is 0 Å². The number of piperazine rings is 1. The average Bonchev–Trinajstić information content (AvgIpc) is 2.86. The lowest BCUT2D eigenvalue weighted by molar-refractivity contribution is -0.117. The predicted molar refractivity (Wildman–Crippen MR) is 136 cm³/mol. The van der Waals surface area contributed by atoms with Gasteiger partial charge >= 0.3 is 0 Å². The van der Waals surface area contributed by atoms with E-state index in [2.05, 4.69) is 57.6 Å². The molecule has 0 saturated carbocycles. The van der Waals surface area contributed by atoms with Gasteiger partial charge in [-0.1, -0.05) is 54.6 Å². The first-order valence-electron chi connectivity index (χ1n) is 11.9. The summed E-state index contributed by atoms with van der Waals surface area (Å²) in [5.41, 5.74) is 10.1. The highest BCUT2D eigenvalue weighted by Crippen LogP contribution is 2.18. The van der Waals surface area contributed by atoms with Crippen molar-refractivity contribution in [1.29, 1.82) is 0 Å². The smallest absolute Gasteiger partial charge is 0.240 e. The van der Waals surface area contributed by atoms with Crippen LogP contribution >= 0.6 is 0 Å². The molecule has 0 aromatic heterocycles. The van der Waals surface area contributed by atoms with Gasteiger partial charge in [0, 0.05) is 45.0 Å². The van der Waals surface area contributed by atoms with Gasteiger partial charge in [0.2, 0.25) is 5.91 Å². The lowest BCUT2D eigenvalue weighted by atomic mass is 10.1. The molecule has 4 rings (SSSR count). The molecule has 1 aliphatic rings. The van der Waals surface area contributed by atoms with Gasteiger partial charge in [0.05, 0.1) is 6.04 Å². The number of carbonyl (C=O) groups excluding carboxylic acids is 1. The average molecular weight is 459 g/mol. The van der Waals surface area contributed by atoms with Gasteiger partial charge in [-0.05, 0) is 47.9 Å². The van der Waals surface area contributed by atoms with E-state index in [4.69, 9.17) is 10.5 Å². The molecule has 1 atom stereocenters. The zero-order chi connectivity index (χ0) is 23.8. The Labute approximate surface area is 202 Å². The second-order valence-electron chi connectivity index (χ2n) is 8.95. The molecule has 3 N–H and O–H groups in total. The van der Waals surface area contributed by atoms with E-state index in [-0.39, 0.29) is 5.91 Å². The number of ether oxygens (including phenoxy) is 1. The summed E-state index contributed by atoms with van der Waals surface area (Å²) in [6.07, 6.45) is 0. The molecule has 0 spiro atoms. The summed E-state index contributed by atoms with van der Waals surface area (Å²) in [4.78, 5) is 16.8. The predicted octanol–water partition coefficient (Wildman–Crippen LogP) is 3.87. The fourth-order valence-electron chi connectivity index (χ4n) is 4.06. The molecule has 1 saturated heterocycles. The lowest BCUT2D eigenvalue weighted by Gasteiger charge is -2.34. The van der Waals surface area contributed by atoms with Crippen LogP contribution in [-0.2, 0) is 24.5 Å². The zero-order valence-corrected chi connectivity index (χ0v) is 19.8. The number of nitrogens with two attached hydrogens (primary N) is 1. The summed E-state index contributed by atoms with van der Waals surface area (Å²) >= 11 is 0. The molecule has 1 amide bonds. The number of amides is 1. The second kappa shape index (κ2) is 11.8. The van der Waals surface area contributed by atoms with Crippen LogP contribution in [0.4, 0.5) is 5.69 Å². The van der Waals surface area contributed by atoms with Crippen LogP contribution in [0.25, 0.3) is 0 Å². The van der Waals surface area contributed by atoms with Crippen molar-refractivity contribution in [2.45, 2.75) is 32.7 Å². The Morgan fingerprint density at radius 1 is 0.853 bits per heavy atom. The highest BCUT2D eigenvalue weighted by molar-refractivity contribution is 5.94. The standard InChI is InChI=1S/C28H34N4O2/c1-22(29)28(33)30-26-9-5-8-25(18-26)20-32-16-14-31(15-17-32)19-23-10-12-27(13-11-23)34-21-24-6-3-2-4-7-24/h2-13,18,22H,14-17,19-21,29H2,1H3,(H,30,33)/t22-/m0/s1. The van der Waals surface area contributed by atoms with Gasteiger partial charge in [0.25, 0.3) is 0 Å². The van der Waals surface area contributed by atoms with Crippen molar-refractivity contribution in [3.8, 4) is 5.75 Å². The van der Waals surface area contributed by atoms with Crippen molar-refractivity contribution >= 4 is 11.6 Å². The van der Waals surface area contributed by atoms with Crippen molar-refractivity contribution in [2.75, 3.05) is 31.5 Å². The first kappa shape index (κ1) is 24.0. The third kappa shape index (κ3) is 7.15. The monoisotopic (exact) mass is 458 g/mol. The number of hydrogen-bond acceptors (Lipinski definition) is 5. The number of carbonyl (C=O) groups is 1. The van der Waals surface area contributed by atoms with Gasteiger partial charge in [-0.15, -0.1) is 0 Å². The minimum Gasteiger partial charge on any atom is -0.489 e. The number of nitrogens with one attached hydrogen (secondary N) is 1. The van der Waals surface area contributed by atoms with E-state index in [1.54, 1.807) is 6.92 Å². The van der Waals surface area contributed by atoms with E-state index in [1.807, 2.05) is 36.4 Å². The molecule has 0 unspecified atom stereocenters. The van der Waals surface area contributed by atoms with Crippen LogP contribution in [0.2, 0.25) is 0 Å². The van der Waals surface area contributed by atoms with Crippen molar-refractivity contribution in [3.05, 3.63) is 95.6 Å². The van der Waals surface area contributed by atoms with Crippen LogP contribution in [0.3, 0.4) is 0 Å². The highest BCUT2D eigenvalue weighted by atomic mass is 16.5. The van der Waals surface area contributed by atoms with E-state index >= 15 is 0 Å². The fourth-order valence-corrected chi connectivity index (χ4v) is 4.06. The number of benzene rings is 3. The van der Waals surface area contributed by atoms with Crippen molar-refractivity contribution in [3.63, 3.8) is 0 Å². The van der Waals surface area contributed by atoms with E-state index in [9.17, 15) is 4.79 Å². The van der Waals surface area contributed by atoms with Crippen LogP contribution in [-0.4, -0.2) is 47.9 Å². The molecule has 1 aliphatic heterocycles. The maximum absolute atomic E-state index is 11.9. The molecule has 6 heteroatoms. The Morgan fingerprint density at radius 2 is 1.47 bits per heavy atom. The molecule has 178 valence electrons. The number of rotatable bonds is 9. The normalized spacial score (nSPS) is 15.6. The maximum atomic E-state index is 11.9. The third-order valence-electron chi connectivity index (χ3n) is 6.06. The zero-order valence-electron chi connectivity index (χ0n) is 19.8. The molecule has 0 bridgehead atoms. The van der Waals surface area contributed by atoms with Gasteiger partial charge in [0.1, 0.15) is 12.4 Å². The molecule has 0 aliphatic carbocycles. The topological polar surface area (TPSA) is 70.8 Å². The van der Waals surface area contributed by atoms with Gasteiger partial charge < -0.3 is 15.8 Å². The molecular weight excluding hydrogens is 424 g/mol. The number of hydrogen-bond donors (Lipinski definition) is 2. The van der Waals surface area contributed by atoms with Gasteiger partial charge in [-0.25, -0.2) is 0 Å². The molecule has 6 nitrogen and oxygen atoms in total. The number of anilines is 1. The van der Waals surface area contributed by atoms with Crippen LogP contribution in [0, 0.1) is 0 Å². The molecule has 1 heterocycles. The number of nitrogens with zero attached hydrogens (tertiary/aromatic N) is 2. The quantitative estimate of drug-likeness (QED) is 0.509. The van der Waals surface area contributed by atoms with E-state index < -0.39 is 6.04 Å². The Hall–Kier alpha value is -3.19. The maximum Gasteiger partial charge on any atom is 0.240 e.